The Kier molecular flexibility index (Phi) is 16.7. The van der Waals surface area contributed by atoms with E-state index in [4.69, 9.17) is 0 Å². The Morgan fingerprint density at radius 2 is 0.818 bits per heavy atom. The van der Waals surface area contributed by atoms with Gasteiger partial charge in [-0.15, -0.1) is 70.8 Å². The van der Waals surface area contributed by atoms with Gasteiger partial charge in [0.1, 0.15) is 0 Å². The molecular weight excluding hydrogens is 671 g/mol. The van der Waals surface area contributed by atoms with E-state index >= 15 is 0 Å². The molecule has 0 aliphatic rings. The van der Waals surface area contributed by atoms with Crippen molar-refractivity contribution in [2.45, 2.75) is 40.5 Å². The third-order valence-corrected chi connectivity index (χ3v) is 13.6. The average Bonchev–Trinajstić information content (AvgIpc) is 3.70. The van der Waals surface area contributed by atoms with Gasteiger partial charge in [-0.1, -0.05) is 74.2 Å². The van der Waals surface area contributed by atoms with Crippen molar-refractivity contribution in [1.82, 2.24) is 0 Å². The summed E-state index contributed by atoms with van der Waals surface area (Å²) in [7, 11) is 0. The summed E-state index contributed by atoms with van der Waals surface area (Å²) in [4.78, 5) is 0. The third kappa shape index (κ3) is 10.7. The second-order valence-electron chi connectivity index (χ2n) is 10.5. The van der Waals surface area contributed by atoms with Crippen molar-refractivity contribution in [2.75, 3.05) is 0 Å². The molecule has 0 radical (unpaired) electrons. The number of halogens is 2. The van der Waals surface area contributed by atoms with Crippen LogP contribution in [0.2, 0.25) is 0 Å². The number of aryl methyl sites for hydroxylation is 4. The Labute approximate surface area is 292 Å². The monoisotopic (exact) mass is 708 g/mol. The fraction of sp³-hybridized carbons (Fsp3) is 0.150. The van der Waals surface area contributed by atoms with E-state index in [1.807, 2.05) is 0 Å². The van der Waals surface area contributed by atoms with E-state index in [1.165, 1.54) is 54.9 Å². The predicted octanol–water partition coefficient (Wildman–Crippen LogP) is 3.23. The van der Waals surface area contributed by atoms with E-state index in [9.17, 15) is 0 Å². The van der Waals surface area contributed by atoms with Gasteiger partial charge < -0.3 is 24.8 Å². The first-order chi connectivity index (χ1) is 20.5. The van der Waals surface area contributed by atoms with Crippen LogP contribution < -0.4 is 35.2 Å². The van der Waals surface area contributed by atoms with E-state index in [2.05, 4.69) is 173 Å². The summed E-state index contributed by atoms with van der Waals surface area (Å²) in [6.45, 7) is 8.68. The van der Waals surface area contributed by atoms with Crippen molar-refractivity contribution in [3.63, 3.8) is 0 Å². The van der Waals surface area contributed by atoms with E-state index in [0.717, 1.165) is 12.8 Å². The molecule has 0 unspecified atom stereocenters. The summed E-state index contributed by atoms with van der Waals surface area (Å²) in [6, 6.07) is 52.2. The number of hydrogen-bond donors (Lipinski definition) is 0. The number of rotatable bonds is 6. The average molecular weight is 711 g/mol. The van der Waals surface area contributed by atoms with Crippen molar-refractivity contribution >= 4 is 15.8 Å². The van der Waals surface area contributed by atoms with Crippen LogP contribution >= 0.6 is 0 Å². The minimum atomic E-state index is -0.455. The van der Waals surface area contributed by atoms with Crippen molar-refractivity contribution in [3.8, 4) is 22.3 Å². The van der Waals surface area contributed by atoms with Crippen LogP contribution in [0.15, 0.2) is 146 Å². The van der Waals surface area contributed by atoms with Crippen LogP contribution in [0.25, 0.3) is 22.3 Å². The van der Waals surface area contributed by atoms with Gasteiger partial charge in [0.2, 0.25) is 0 Å². The molecule has 0 amide bonds. The zero-order valence-electron chi connectivity index (χ0n) is 26.0. The molecule has 0 saturated heterocycles. The Morgan fingerprint density at radius 3 is 1.09 bits per heavy atom. The van der Waals surface area contributed by atoms with Crippen molar-refractivity contribution in [1.29, 1.82) is 0 Å². The molecule has 0 atom stereocenters. The maximum absolute atomic E-state index is 2.25. The summed E-state index contributed by atoms with van der Waals surface area (Å²) >= 11 is 1.64. The first-order valence-electron chi connectivity index (χ1n) is 14.8. The molecule has 4 heteroatoms. The summed E-state index contributed by atoms with van der Waals surface area (Å²) in [5.41, 5.74) is 10.4. The van der Waals surface area contributed by atoms with Gasteiger partial charge in [0.15, 0.2) is 0 Å². The van der Waals surface area contributed by atoms with Crippen LogP contribution in [0, 0.1) is 13.8 Å². The van der Waals surface area contributed by atoms with Gasteiger partial charge >= 0.3 is 99.8 Å². The molecule has 0 heterocycles. The Morgan fingerprint density at radius 1 is 0.477 bits per heavy atom. The topological polar surface area (TPSA) is 0 Å². The number of hydrogen-bond acceptors (Lipinski definition) is 0. The zero-order valence-corrected chi connectivity index (χ0v) is 31.0. The first kappa shape index (κ1) is 37.4. The summed E-state index contributed by atoms with van der Waals surface area (Å²) in [5.74, 6) is 0. The quantitative estimate of drug-likeness (QED) is 0.184. The van der Waals surface area contributed by atoms with Gasteiger partial charge in [-0.3, -0.25) is 0 Å². The molecule has 0 aliphatic heterocycles. The third-order valence-electron chi connectivity index (χ3n) is 7.54. The van der Waals surface area contributed by atoms with Gasteiger partial charge in [-0.2, -0.15) is 12.1 Å². The van der Waals surface area contributed by atoms with Crippen molar-refractivity contribution in [2.24, 2.45) is 0 Å². The molecular formula is C40H40Cl2SiZr-2. The van der Waals surface area contributed by atoms with Crippen LogP contribution in [0.5, 0.6) is 0 Å². The molecule has 6 rings (SSSR count). The van der Waals surface area contributed by atoms with Crippen LogP contribution in [0.1, 0.15) is 36.1 Å². The molecule has 224 valence electrons. The molecule has 0 bridgehead atoms. The van der Waals surface area contributed by atoms with E-state index in [-0.39, 0.29) is 24.8 Å². The van der Waals surface area contributed by atoms with Gasteiger partial charge in [-0.25, -0.2) is 0 Å². The van der Waals surface area contributed by atoms with E-state index < -0.39 is 5.43 Å². The standard InChI is InChI=1S/2C14H15.C12H10Si.2ClH.Zr/c2*1-3-12-7-9-13(10-8-12)14-6-4-5-11(14)2;1-3-7-11(8-4-1)13-12-9-5-2-6-10-12;;;/h2*4-10H,3H2,1-2H3;1-10H;2*1H;/q2*-1;;;;+2/p-2. The van der Waals surface area contributed by atoms with Gasteiger partial charge in [0.05, 0.1) is 0 Å². The number of benzene rings is 4. The molecule has 0 fully saturated rings. The molecule has 6 aromatic carbocycles. The van der Waals surface area contributed by atoms with Crippen LogP contribution in [0.3, 0.4) is 0 Å². The van der Waals surface area contributed by atoms with Crippen molar-refractivity contribution < 1.29 is 48.1 Å². The Balaban J connectivity index is 0.000000225. The molecule has 0 spiro atoms. The van der Waals surface area contributed by atoms with Crippen LogP contribution in [-0.4, -0.2) is 5.43 Å². The first-order valence-corrected chi connectivity index (χ1v) is 20.0. The maximum atomic E-state index is 2.25. The fourth-order valence-electron chi connectivity index (χ4n) is 4.88. The molecule has 0 N–H and O–H groups in total. The summed E-state index contributed by atoms with van der Waals surface area (Å²) in [5, 5.41) is 3.03. The van der Waals surface area contributed by atoms with Gasteiger partial charge in [0, 0.05) is 0 Å². The predicted molar refractivity (Wildman–Crippen MR) is 181 cm³/mol. The van der Waals surface area contributed by atoms with Crippen molar-refractivity contribution in [3.05, 3.63) is 168 Å². The molecule has 0 saturated carbocycles. The second-order valence-corrected chi connectivity index (χ2v) is 16.0. The van der Waals surface area contributed by atoms with E-state index in [1.54, 1.807) is 23.3 Å². The molecule has 0 nitrogen and oxygen atoms in total. The molecule has 0 aromatic heterocycles. The van der Waals surface area contributed by atoms with Gasteiger partial charge in [-0.05, 0) is 12.8 Å². The minimum absolute atomic E-state index is 0. The Hall–Kier alpha value is -2.74. The molecule has 44 heavy (non-hydrogen) atoms. The fourth-order valence-corrected chi connectivity index (χ4v) is 8.73. The SMILES string of the molecule is CCc1ccc(-[c-]2cccc2C)cc1.CCc1ccc(-[c-]2cccc2C)cc1.[Cl-].[Cl-].[Zr+2]=[Si](c1ccccc1)c1ccccc1. The summed E-state index contributed by atoms with van der Waals surface area (Å²) in [6.07, 6.45) is 2.22. The van der Waals surface area contributed by atoms with Gasteiger partial charge in [0.25, 0.3) is 0 Å². The van der Waals surface area contributed by atoms with Crippen LogP contribution in [0.4, 0.5) is 0 Å². The normalized spacial score (nSPS) is 9.77. The summed E-state index contributed by atoms with van der Waals surface area (Å²) < 4.78 is 0. The second kappa shape index (κ2) is 19.6. The van der Waals surface area contributed by atoms with Crippen LogP contribution in [-0.2, 0) is 36.2 Å². The zero-order chi connectivity index (χ0) is 29.7. The Bertz CT molecular complexity index is 1520. The molecule has 6 aromatic rings. The van der Waals surface area contributed by atoms with E-state index in [0.29, 0.717) is 0 Å². The molecule has 0 aliphatic carbocycles.